The van der Waals surface area contributed by atoms with Crippen molar-refractivity contribution in [3.05, 3.63) is 29.5 Å². The Balaban J connectivity index is 2.63. The van der Waals surface area contributed by atoms with Gasteiger partial charge in [0.05, 0.1) is 25.6 Å². The van der Waals surface area contributed by atoms with Gasteiger partial charge >= 0.3 is 0 Å². The van der Waals surface area contributed by atoms with Crippen LogP contribution in [0.2, 0.25) is 0 Å². The fourth-order valence-corrected chi connectivity index (χ4v) is 2.20. The van der Waals surface area contributed by atoms with E-state index in [1.807, 2.05) is 36.9 Å². The molecule has 2 aromatic rings. The smallest absolute Gasteiger partial charge is 0.128 e. The zero-order valence-electron chi connectivity index (χ0n) is 11.7. The molecular weight excluding hydrogens is 242 g/mol. The van der Waals surface area contributed by atoms with Gasteiger partial charge in [0.15, 0.2) is 0 Å². The molecule has 0 aliphatic heterocycles. The molecule has 19 heavy (non-hydrogen) atoms. The van der Waals surface area contributed by atoms with Crippen LogP contribution in [-0.4, -0.2) is 24.0 Å². The number of benzene rings is 1. The molecule has 5 heteroatoms. The number of nitrogens with two attached hydrogens (primary N) is 1. The lowest BCUT2D eigenvalue weighted by atomic mass is 10.1. The third kappa shape index (κ3) is 2.29. The Kier molecular flexibility index (Phi) is 3.76. The van der Waals surface area contributed by atoms with Crippen molar-refractivity contribution in [1.82, 2.24) is 9.78 Å². The Bertz CT molecular complexity index is 591. The first-order valence-corrected chi connectivity index (χ1v) is 6.07. The lowest BCUT2D eigenvalue weighted by Gasteiger charge is -2.09. The predicted molar refractivity (Wildman–Crippen MR) is 74.4 cm³/mol. The van der Waals surface area contributed by atoms with Gasteiger partial charge < -0.3 is 15.2 Å². The maximum absolute atomic E-state index is 5.75. The minimum atomic E-state index is 0.460. The summed E-state index contributed by atoms with van der Waals surface area (Å²) in [5.41, 5.74) is 9.62. The van der Waals surface area contributed by atoms with Gasteiger partial charge in [-0.2, -0.15) is 5.10 Å². The maximum Gasteiger partial charge on any atom is 0.128 e. The van der Waals surface area contributed by atoms with Gasteiger partial charge in [0.2, 0.25) is 0 Å². The first kappa shape index (κ1) is 13.4. The predicted octanol–water partition coefficient (Wildman–Crippen LogP) is 1.87. The van der Waals surface area contributed by atoms with E-state index in [4.69, 9.17) is 15.2 Å². The molecule has 2 N–H and O–H groups in total. The molecule has 0 saturated carbocycles. The lowest BCUT2D eigenvalue weighted by Crippen LogP contribution is -2.05. The van der Waals surface area contributed by atoms with Crippen LogP contribution in [0.4, 0.5) is 0 Å². The number of nitrogens with zero attached hydrogens (tertiary/aromatic N) is 2. The lowest BCUT2D eigenvalue weighted by molar-refractivity contribution is 0.404. The van der Waals surface area contributed by atoms with Crippen molar-refractivity contribution >= 4 is 0 Å². The van der Waals surface area contributed by atoms with Crippen LogP contribution in [0, 0.1) is 6.92 Å². The minimum Gasteiger partial charge on any atom is -0.497 e. The molecule has 0 aliphatic rings. The third-order valence-electron chi connectivity index (χ3n) is 3.28. The van der Waals surface area contributed by atoms with Gasteiger partial charge in [-0.1, -0.05) is 0 Å². The van der Waals surface area contributed by atoms with Crippen molar-refractivity contribution in [2.75, 3.05) is 14.2 Å². The SMILES string of the molecule is COc1ccc(OC)c(-c2nn(C)c(CN)c2C)c1. The summed E-state index contributed by atoms with van der Waals surface area (Å²) in [4.78, 5) is 0. The van der Waals surface area contributed by atoms with Gasteiger partial charge in [0.25, 0.3) is 0 Å². The number of hydrogen-bond acceptors (Lipinski definition) is 4. The standard InChI is InChI=1S/C14H19N3O2/c1-9-12(8-15)17(2)16-14(9)11-7-10(18-3)5-6-13(11)19-4/h5-7H,8,15H2,1-4H3. The Labute approximate surface area is 112 Å². The summed E-state index contributed by atoms with van der Waals surface area (Å²) >= 11 is 0. The fourth-order valence-electron chi connectivity index (χ4n) is 2.20. The molecule has 1 heterocycles. The number of rotatable bonds is 4. The van der Waals surface area contributed by atoms with Gasteiger partial charge in [-0.25, -0.2) is 0 Å². The molecule has 0 spiro atoms. The van der Waals surface area contributed by atoms with Crippen LogP contribution in [0.15, 0.2) is 18.2 Å². The Morgan fingerprint density at radius 3 is 2.53 bits per heavy atom. The molecule has 0 saturated heterocycles. The zero-order chi connectivity index (χ0) is 14.0. The summed E-state index contributed by atoms with van der Waals surface area (Å²) in [6.07, 6.45) is 0. The minimum absolute atomic E-state index is 0.460. The second kappa shape index (κ2) is 5.32. The number of hydrogen-bond donors (Lipinski definition) is 1. The molecule has 0 unspecified atom stereocenters. The van der Waals surface area contributed by atoms with Crippen molar-refractivity contribution in [2.24, 2.45) is 12.8 Å². The van der Waals surface area contributed by atoms with Crippen LogP contribution in [-0.2, 0) is 13.6 Å². The van der Waals surface area contributed by atoms with Crippen molar-refractivity contribution < 1.29 is 9.47 Å². The summed E-state index contributed by atoms with van der Waals surface area (Å²) in [5.74, 6) is 1.54. The highest BCUT2D eigenvalue weighted by molar-refractivity contribution is 5.72. The highest BCUT2D eigenvalue weighted by atomic mass is 16.5. The second-order valence-corrected chi connectivity index (χ2v) is 4.31. The highest BCUT2D eigenvalue weighted by Crippen LogP contribution is 2.35. The van der Waals surface area contributed by atoms with Gasteiger partial charge in [0, 0.05) is 19.2 Å². The van der Waals surface area contributed by atoms with Crippen LogP contribution in [0.25, 0.3) is 11.3 Å². The van der Waals surface area contributed by atoms with E-state index in [1.54, 1.807) is 14.2 Å². The van der Waals surface area contributed by atoms with Crippen LogP contribution in [0.1, 0.15) is 11.3 Å². The summed E-state index contributed by atoms with van der Waals surface area (Å²) in [7, 11) is 5.18. The molecule has 1 aromatic heterocycles. The zero-order valence-corrected chi connectivity index (χ0v) is 11.7. The van der Waals surface area contributed by atoms with Crippen molar-refractivity contribution in [2.45, 2.75) is 13.5 Å². The molecule has 0 bridgehead atoms. The van der Waals surface area contributed by atoms with Gasteiger partial charge in [0.1, 0.15) is 11.5 Å². The quantitative estimate of drug-likeness (QED) is 0.912. The Hall–Kier alpha value is -2.01. The molecule has 0 fully saturated rings. The monoisotopic (exact) mass is 261 g/mol. The van der Waals surface area contributed by atoms with Gasteiger partial charge in [-0.05, 0) is 30.7 Å². The van der Waals surface area contributed by atoms with Gasteiger partial charge in [-0.3, -0.25) is 4.68 Å². The van der Waals surface area contributed by atoms with Crippen LogP contribution in [0.5, 0.6) is 11.5 Å². The number of aryl methyl sites for hydroxylation is 1. The average Bonchev–Trinajstić information content (AvgIpc) is 2.72. The van der Waals surface area contributed by atoms with Crippen LogP contribution in [0.3, 0.4) is 0 Å². The molecule has 102 valence electrons. The number of ether oxygens (including phenoxy) is 2. The van der Waals surface area contributed by atoms with Crippen molar-refractivity contribution in [3.63, 3.8) is 0 Å². The van der Waals surface area contributed by atoms with E-state index >= 15 is 0 Å². The highest BCUT2D eigenvalue weighted by Gasteiger charge is 2.17. The first-order valence-electron chi connectivity index (χ1n) is 6.07. The number of aromatic nitrogens is 2. The molecule has 1 aromatic carbocycles. The van der Waals surface area contributed by atoms with Crippen molar-refractivity contribution in [1.29, 1.82) is 0 Å². The Morgan fingerprint density at radius 2 is 2.00 bits per heavy atom. The summed E-state index contributed by atoms with van der Waals surface area (Å²) < 4.78 is 12.5. The molecule has 2 rings (SSSR count). The normalized spacial score (nSPS) is 10.6. The van der Waals surface area contributed by atoms with E-state index in [0.717, 1.165) is 34.0 Å². The number of methoxy groups -OCH3 is 2. The third-order valence-corrected chi connectivity index (χ3v) is 3.28. The van der Waals surface area contributed by atoms with Gasteiger partial charge in [-0.15, -0.1) is 0 Å². The summed E-state index contributed by atoms with van der Waals surface area (Å²) in [6, 6.07) is 5.67. The molecule has 0 amide bonds. The first-order chi connectivity index (χ1) is 9.12. The summed E-state index contributed by atoms with van der Waals surface area (Å²) in [6.45, 7) is 2.48. The molecule has 5 nitrogen and oxygen atoms in total. The fraction of sp³-hybridized carbons (Fsp3) is 0.357. The molecule has 0 atom stereocenters. The van der Waals surface area contributed by atoms with E-state index in [0.29, 0.717) is 6.54 Å². The summed E-state index contributed by atoms with van der Waals surface area (Å²) in [5, 5.41) is 4.54. The van der Waals surface area contributed by atoms with E-state index in [2.05, 4.69) is 5.10 Å². The van der Waals surface area contributed by atoms with Crippen LogP contribution < -0.4 is 15.2 Å². The second-order valence-electron chi connectivity index (χ2n) is 4.31. The molecule has 0 radical (unpaired) electrons. The Morgan fingerprint density at radius 1 is 1.26 bits per heavy atom. The van der Waals surface area contributed by atoms with E-state index in [1.165, 1.54) is 0 Å². The maximum atomic E-state index is 5.75. The molecular formula is C14H19N3O2. The van der Waals surface area contributed by atoms with Crippen molar-refractivity contribution in [3.8, 4) is 22.8 Å². The molecule has 0 aliphatic carbocycles. The topological polar surface area (TPSA) is 62.3 Å². The van der Waals surface area contributed by atoms with Crippen LogP contribution >= 0.6 is 0 Å². The average molecular weight is 261 g/mol. The largest absolute Gasteiger partial charge is 0.497 e. The van der Waals surface area contributed by atoms with E-state index in [9.17, 15) is 0 Å². The van der Waals surface area contributed by atoms with E-state index < -0.39 is 0 Å². The van der Waals surface area contributed by atoms with E-state index in [-0.39, 0.29) is 0 Å².